The van der Waals surface area contributed by atoms with Gasteiger partial charge in [-0.1, -0.05) is 18.2 Å². The summed E-state index contributed by atoms with van der Waals surface area (Å²) < 4.78 is 44.0. The van der Waals surface area contributed by atoms with E-state index in [1.54, 1.807) is 43.6 Å². The number of rotatable bonds is 8. The Morgan fingerprint density at radius 2 is 2.11 bits per heavy atom. The summed E-state index contributed by atoms with van der Waals surface area (Å²) >= 11 is 2.42. The van der Waals surface area contributed by atoms with Crippen molar-refractivity contribution in [1.29, 1.82) is 0 Å². The maximum absolute atomic E-state index is 13.3. The molecule has 144 valence electrons. The first-order valence-electron chi connectivity index (χ1n) is 8.17. The van der Waals surface area contributed by atoms with Gasteiger partial charge in [0.1, 0.15) is 15.9 Å². The summed E-state index contributed by atoms with van der Waals surface area (Å²) in [7, 11) is -1.89. The van der Waals surface area contributed by atoms with Gasteiger partial charge in [-0.2, -0.15) is 8.68 Å². The molecule has 0 radical (unpaired) electrons. The van der Waals surface area contributed by atoms with Crippen molar-refractivity contribution in [2.75, 3.05) is 25.5 Å². The van der Waals surface area contributed by atoms with E-state index in [1.807, 2.05) is 0 Å². The molecule has 2 aromatic heterocycles. The summed E-state index contributed by atoms with van der Waals surface area (Å²) in [5, 5.41) is 5.47. The molecule has 0 amide bonds. The first-order valence-corrected chi connectivity index (χ1v) is 11.3. The number of aryl methyl sites for hydroxylation is 1. The van der Waals surface area contributed by atoms with Crippen molar-refractivity contribution in [2.45, 2.75) is 17.6 Å². The first kappa shape index (κ1) is 19.9. The van der Waals surface area contributed by atoms with Crippen LogP contribution in [-0.4, -0.2) is 42.2 Å². The zero-order chi connectivity index (χ0) is 19.4. The molecular weight excluding hydrogens is 407 g/mol. The van der Waals surface area contributed by atoms with Crippen LogP contribution >= 0.6 is 22.9 Å². The van der Waals surface area contributed by atoms with E-state index in [1.165, 1.54) is 33.2 Å². The van der Waals surface area contributed by atoms with Crippen molar-refractivity contribution in [3.8, 4) is 0 Å². The minimum atomic E-state index is -3.44. The highest BCUT2D eigenvalue weighted by atomic mass is 32.2. The highest BCUT2D eigenvalue weighted by Crippen LogP contribution is 2.20. The van der Waals surface area contributed by atoms with E-state index in [2.05, 4.69) is 14.7 Å². The molecule has 0 saturated carbocycles. The molecule has 1 aromatic carbocycles. The van der Waals surface area contributed by atoms with Gasteiger partial charge < -0.3 is 5.32 Å². The minimum absolute atomic E-state index is 0.228. The average Bonchev–Trinajstić information content (AvgIpc) is 3.30. The van der Waals surface area contributed by atoms with Gasteiger partial charge in [-0.3, -0.25) is 0 Å². The second kappa shape index (κ2) is 8.42. The van der Waals surface area contributed by atoms with E-state index in [4.69, 9.17) is 0 Å². The zero-order valence-electron chi connectivity index (χ0n) is 14.8. The van der Waals surface area contributed by atoms with Gasteiger partial charge in [0.15, 0.2) is 0 Å². The normalized spacial score (nSPS) is 11.9. The summed E-state index contributed by atoms with van der Waals surface area (Å²) in [6.45, 7) is 2.46. The van der Waals surface area contributed by atoms with Crippen LogP contribution in [0.15, 0.2) is 39.9 Å². The third-order valence-electron chi connectivity index (χ3n) is 3.92. The number of hydrogen-bond acceptors (Lipinski definition) is 7. The molecule has 2 heterocycles. The molecule has 0 aliphatic carbocycles. The first-order chi connectivity index (χ1) is 12.9. The third-order valence-corrected chi connectivity index (χ3v) is 7.86. The van der Waals surface area contributed by atoms with E-state index in [0.29, 0.717) is 40.2 Å². The van der Waals surface area contributed by atoms with Crippen molar-refractivity contribution in [2.24, 2.45) is 0 Å². The van der Waals surface area contributed by atoms with Crippen molar-refractivity contribution in [3.63, 3.8) is 0 Å². The SMILES string of the molecule is Cc1cc(Cc2nsc(NCCN(C)S(=O)(=O)c3cccs3)n2)ccc1F. The number of likely N-dealkylation sites (N-methyl/N-ethyl adjacent to an activating group) is 1. The fraction of sp³-hybridized carbons (Fsp3) is 0.294. The van der Waals surface area contributed by atoms with E-state index < -0.39 is 10.0 Å². The fourth-order valence-corrected chi connectivity index (χ4v) is 5.38. The van der Waals surface area contributed by atoms with Gasteiger partial charge in [-0.05, 0) is 35.6 Å². The number of halogens is 1. The summed E-state index contributed by atoms with van der Waals surface area (Å²) in [4.78, 5) is 4.40. The van der Waals surface area contributed by atoms with Gasteiger partial charge in [0.25, 0.3) is 10.0 Å². The number of hydrogen-bond donors (Lipinski definition) is 1. The number of aromatic nitrogens is 2. The number of nitrogens with one attached hydrogen (secondary N) is 1. The molecule has 0 saturated heterocycles. The maximum Gasteiger partial charge on any atom is 0.252 e. The molecule has 0 atom stereocenters. The molecule has 0 unspecified atom stereocenters. The molecule has 0 aliphatic rings. The Bertz CT molecular complexity index is 1000. The predicted molar refractivity (Wildman–Crippen MR) is 106 cm³/mol. The zero-order valence-corrected chi connectivity index (χ0v) is 17.3. The Morgan fingerprint density at radius 3 is 2.81 bits per heavy atom. The van der Waals surface area contributed by atoms with Crippen molar-refractivity contribution < 1.29 is 12.8 Å². The maximum atomic E-state index is 13.3. The third kappa shape index (κ3) is 4.89. The quantitative estimate of drug-likeness (QED) is 0.598. The molecule has 0 aliphatic heterocycles. The standard InChI is InChI=1S/C17H19FN4O2S3/c1-12-10-13(5-6-14(12)18)11-15-20-17(26-21-15)19-7-8-22(2)27(23,24)16-4-3-9-25-16/h3-6,9-10H,7-8,11H2,1-2H3,(H,19,20,21). The van der Waals surface area contributed by atoms with Crippen LogP contribution in [0, 0.1) is 12.7 Å². The van der Waals surface area contributed by atoms with Gasteiger partial charge in [-0.15, -0.1) is 11.3 Å². The second-order valence-corrected chi connectivity index (χ2v) is 9.93. The van der Waals surface area contributed by atoms with Crippen LogP contribution in [0.3, 0.4) is 0 Å². The molecule has 10 heteroatoms. The molecule has 0 fully saturated rings. The van der Waals surface area contributed by atoms with Gasteiger partial charge in [-0.25, -0.2) is 17.8 Å². The number of anilines is 1. The Kier molecular flexibility index (Phi) is 6.20. The van der Waals surface area contributed by atoms with Crippen LogP contribution in [0.5, 0.6) is 0 Å². The van der Waals surface area contributed by atoms with Crippen LogP contribution in [0.1, 0.15) is 17.0 Å². The van der Waals surface area contributed by atoms with E-state index in [0.717, 1.165) is 5.56 Å². The van der Waals surface area contributed by atoms with Crippen molar-refractivity contribution >= 4 is 38.0 Å². The molecule has 1 N–H and O–H groups in total. The Labute approximate surface area is 165 Å². The molecule has 3 rings (SSSR count). The smallest absolute Gasteiger partial charge is 0.252 e. The number of thiophene rings is 1. The molecule has 0 spiro atoms. The lowest BCUT2D eigenvalue weighted by Gasteiger charge is -2.15. The predicted octanol–water partition coefficient (Wildman–Crippen LogP) is 3.37. The topological polar surface area (TPSA) is 75.2 Å². The summed E-state index contributed by atoms with van der Waals surface area (Å²) in [6.07, 6.45) is 0.520. The van der Waals surface area contributed by atoms with Gasteiger partial charge in [0.2, 0.25) is 5.13 Å². The van der Waals surface area contributed by atoms with Crippen LogP contribution in [0.2, 0.25) is 0 Å². The van der Waals surface area contributed by atoms with Gasteiger partial charge in [0.05, 0.1) is 0 Å². The molecule has 6 nitrogen and oxygen atoms in total. The number of benzene rings is 1. The lowest BCUT2D eigenvalue weighted by molar-refractivity contribution is 0.482. The number of sulfonamides is 1. The molecular formula is C17H19FN4O2S3. The Morgan fingerprint density at radius 1 is 1.30 bits per heavy atom. The molecule has 3 aromatic rings. The monoisotopic (exact) mass is 426 g/mol. The summed E-state index contributed by atoms with van der Waals surface area (Å²) in [5.41, 5.74) is 1.54. The highest BCUT2D eigenvalue weighted by molar-refractivity contribution is 7.91. The van der Waals surface area contributed by atoms with Crippen molar-refractivity contribution in [1.82, 2.24) is 13.7 Å². The van der Waals surface area contributed by atoms with Crippen LogP contribution in [-0.2, 0) is 16.4 Å². The second-order valence-electron chi connectivity index (χ2n) is 5.96. The summed E-state index contributed by atoms with van der Waals surface area (Å²) in [6, 6.07) is 8.27. The largest absolute Gasteiger partial charge is 0.359 e. The van der Waals surface area contributed by atoms with Gasteiger partial charge in [0, 0.05) is 38.1 Å². The van der Waals surface area contributed by atoms with Gasteiger partial charge >= 0.3 is 0 Å². The fourth-order valence-electron chi connectivity index (χ4n) is 2.40. The van der Waals surface area contributed by atoms with Crippen LogP contribution < -0.4 is 5.32 Å². The van der Waals surface area contributed by atoms with E-state index in [-0.39, 0.29) is 5.82 Å². The molecule has 27 heavy (non-hydrogen) atoms. The Balaban J connectivity index is 1.53. The number of nitrogens with zero attached hydrogens (tertiary/aromatic N) is 3. The van der Waals surface area contributed by atoms with E-state index in [9.17, 15) is 12.8 Å². The lowest BCUT2D eigenvalue weighted by Crippen LogP contribution is -2.31. The van der Waals surface area contributed by atoms with E-state index >= 15 is 0 Å². The average molecular weight is 427 g/mol. The summed E-state index contributed by atoms with van der Waals surface area (Å²) in [5.74, 6) is 0.419. The Hall–Kier alpha value is -1.88. The molecule has 0 bridgehead atoms. The van der Waals surface area contributed by atoms with Crippen LogP contribution in [0.25, 0.3) is 0 Å². The van der Waals surface area contributed by atoms with Crippen LogP contribution in [0.4, 0.5) is 9.52 Å². The van der Waals surface area contributed by atoms with Crippen molar-refractivity contribution in [3.05, 3.63) is 58.5 Å². The minimum Gasteiger partial charge on any atom is -0.359 e. The lowest BCUT2D eigenvalue weighted by atomic mass is 10.1. The highest BCUT2D eigenvalue weighted by Gasteiger charge is 2.21.